The van der Waals surface area contributed by atoms with Gasteiger partial charge in [-0.2, -0.15) is 13.2 Å². The predicted octanol–water partition coefficient (Wildman–Crippen LogP) is 4.15. The van der Waals surface area contributed by atoms with Gasteiger partial charge in [-0.15, -0.1) is 5.92 Å². The average Bonchev–Trinajstić information content (AvgIpc) is 3.58. The second-order valence-electron chi connectivity index (χ2n) is 9.34. The van der Waals surface area contributed by atoms with Gasteiger partial charge in [0.2, 0.25) is 10.0 Å². The van der Waals surface area contributed by atoms with E-state index in [9.17, 15) is 31.2 Å². The third kappa shape index (κ3) is 7.59. The standard InChI is InChI=1S/C25H29F3N2O4S/c1-17-8-10-18(11-9-17)20-16-24(2,14-6-4-3-5-7-15-25(26,27)28)29-22(31)21(20)23(32)30-35(33,34)19-12-13-19/h8-11,19H,3-5,7,12-13,15-16H2,1-2H3,(H,29,31)(H,30,32)/t24-/m1/s1. The van der Waals surface area contributed by atoms with E-state index >= 15 is 0 Å². The summed E-state index contributed by atoms with van der Waals surface area (Å²) in [6, 6.07) is 7.19. The molecule has 10 heteroatoms. The number of unbranched alkanes of at least 4 members (excludes halogenated alkanes) is 3. The number of alkyl halides is 3. The van der Waals surface area contributed by atoms with Gasteiger partial charge in [0.05, 0.1) is 5.25 Å². The number of sulfonamides is 1. The molecule has 1 saturated carbocycles. The van der Waals surface area contributed by atoms with Crippen LogP contribution in [-0.4, -0.2) is 37.2 Å². The van der Waals surface area contributed by atoms with E-state index in [1.54, 1.807) is 19.1 Å². The largest absolute Gasteiger partial charge is 0.389 e. The highest BCUT2D eigenvalue weighted by Gasteiger charge is 2.41. The molecule has 1 aromatic rings. The highest BCUT2D eigenvalue weighted by Crippen LogP contribution is 2.34. The van der Waals surface area contributed by atoms with Gasteiger partial charge < -0.3 is 5.32 Å². The Balaban J connectivity index is 1.80. The zero-order chi connectivity index (χ0) is 25.9. The molecule has 1 aliphatic heterocycles. The Morgan fingerprint density at radius 1 is 1.17 bits per heavy atom. The lowest BCUT2D eigenvalue weighted by Crippen LogP contribution is -2.52. The zero-order valence-corrected chi connectivity index (χ0v) is 20.5. The summed E-state index contributed by atoms with van der Waals surface area (Å²) in [5, 5.41) is 2.10. The predicted molar refractivity (Wildman–Crippen MR) is 126 cm³/mol. The van der Waals surface area contributed by atoms with Gasteiger partial charge in [-0.3, -0.25) is 9.59 Å². The minimum atomic E-state index is -4.16. The molecule has 1 atom stereocenters. The first-order valence-corrected chi connectivity index (χ1v) is 13.1. The van der Waals surface area contributed by atoms with Crippen LogP contribution in [0.15, 0.2) is 29.8 Å². The fourth-order valence-electron chi connectivity index (χ4n) is 3.87. The van der Waals surface area contributed by atoms with Crippen LogP contribution in [0.3, 0.4) is 0 Å². The van der Waals surface area contributed by atoms with E-state index in [2.05, 4.69) is 17.2 Å². The van der Waals surface area contributed by atoms with E-state index in [0.29, 0.717) is 43.2 Å². The Bertz CT molecular complexity index is 1170. The quantitative estimate of drug-likeness (QED) is 0.312. The van der Waals surface area contributed by atoms with Crippen LogP contribution in [0.2, 0.25) is 0 Å². The van der Waals surface area contributed by atoms with Gasteiger partial charge >= 0.3 is 6.18 Å². The van der Waals surface area contributed by atoms with Crippen molar-refractivity contribution in [2.45, 2.75) is 82.2 Å². The number of carbonyl (C=O) groups is 2. The molecule has 1 aromatic carbocycles. The molecule has 6 nitrogen and oxygen atoms in total. The number of hydrogen-bond donors (Lipinski definition) is 2. The Labute approximate surface area is 203 Å². The van der Waals surface area contributed by atoms with E-state index in [0.717, 1.165) is 5.56 Å². The van der Waals surface area contributed by atoms with Gasteiger partial charge in [0, 0.05) is 19.3 Å². The lowest BCUT2D eigenvalue weighted by molar-refractivity contribution is -0.135. The monoisotopic (exact) mass is 510 g/mol. The Hall–Kier alpha value is -2.80. The molecule has 1 fully saturated rings. The molecule has 0 radical (unpaired) electrons. The van der Waals surface area contributed by atoms with Crippen molar-refractivity contribution in [3.8, 4) is 11.8 Å². The number of nitrogens with one attached hydrogen (secondary N) is 2. The molecule has 0 aromatic heterocycles. The highest BCUT2D eigenvalue weighted by atomic mass is 32.2. The molecule has 2 N–H and O–H groups in total. The van der Waals surface area contributed by atoms with Gasteiger partial charge in [-0.05, 0) is 50.7 Å². The first-order valence-electron chi connectivity index (χ1n) is 11.6. The smallest absolute Gasteiger partial charge is 0.335 e. The maximum atomic E-state index is 13.0. The normalized spacial score (nSPS) is 20.7. The van der Waals surface area contributed by atoms with Gasteiger partial charge in [-0.1, -0.05) is 42.2 Å². The maximum Gasteiger partial charge on any atom is 0.389 e. The molecule has 35 heavy (non-hydrogen) atoms. The SMILES string of the molecule is Cc1ccc(C2=C(C(=O)NS(=O)(=O)C3CC3)C(=O)N[C@](C)(C#CCCCCCC(F)(F)F)C2)cc1. The molecule has 190 valence electrons. The second kappa shape index (κ2) is 10.4. The van der Waals surface area contributed by atoms with Crippen molar-refractivity contribution in [1.82, 2.24) is 10.0 Å². The van der Waals surface area contributed by atoms with Crippen molar-refractivity contribution in [1.29, 1.82) is 0 Å². The van der Waals surface area contributed by atoms with Crippen LogP contribution in [0.25, 0.3) is 5.57 Å². The Morgan fingerprint density at radius 2 is 1.83 bits per heavy atom. The van der Waals surface area contributed by atoms with E-state index in [-0.39, 0.29) is 18.4 Å². The first kappa shape index (κ1) is 26.8. The summed E-state index contributed by atoms with van der Waals surface area (Å²) in [6.07, 6.45) is -2.56. The molecule has 2 amide bonds. The third-order valence-corrected chi connectivity index (χ3v) is 7.72. The molecule has 0 unspecified atom stereocenters. The van der Waals surface area contributed by atoms with Crippen LogP contribution in [0.4, 0.5) is 13.2 Å². The molecule has 1 aliphatic carbocycles. The van der Waals surface area contributed by atoms with Crippen LogP contribution in [0, 0.1) is 18.8 Å². The minimum Gasteiger partial charge on any atom is -0.335 e. The van der Waals surface area contributed by atoms with Crippen molar-refractivity contribution in [2.24, 2.45) is 0 Å². The fraction of sp³-hybridized carbons (Fsp3) is 0.520. The summed E-state index contributed by atoms with van der Waals surface area (Å²) in [5.41, 5.74) is 0.691. The molecular weight excluding hydrogens is 481 g/mol. The van der Waals surface area contributed by atoms with Crippen LogP contribution < -0.4 is 10.0 Å². The van der Waals surface area contributed by atoms with Crippen LogP contribution in [0.1, 0.15) is 69.4 Å². The fourth-order valence-corrected chi connectivity index (χ4v) is 5.15. The summed E-state index contributed by atoms with van der Waals surface area (Å²) in [6.45, 7) is 3.59. The average molecular weight is 511 g/mol. The van der Waals surface area contributed by atoms with Crippen LogP contribution >= 0.6 is 0 Å². The lowest BCUT2D eigenvalue weighted by atomic mass is 9.82. The number of halogens is 3. The topological polar surface area (TPSA) is 92.3 Å². The lowest BCUT2D eigenvalue weighted by Gasteiger charge is -2.33. The van der Waals surface area contributed by atoms with E-state index in [1.165, 1.54) is 0 Å². The van der Waals surface area contributed by atoms with Crippen LogP contribution in [0.5, 0.6) is 0 Å². The number of hydrogen-bond acceptors (Lipinski definition) is 4. The number of carbonyl (C=O) groups excluding carboxylic acids is 2. The van der Waals surface area contributed by atoms with Crippen molar-refractivity contribution < 1.29 is 31.2 Å². The molecular formula is C25H29F3N2O4S. The van der Waals surface area contributed by atoms with E-state index in [1.807, 2.05) is 23.8 Å². The van der Waals surface area contributed by atoms with E-state index in [4.69, 9.17) is 0 Å². The molecule has 0 bridgehead atoms. The van der Waals surface area contributed by atoms with Crippen molar-refractivity contribution in [3.63, 3.8) is 0 Å². The number of benzene rings is 1. The molecule has 1 heterocycles. The Kier molecular flexibility index (Phi) is 8.00. The second-order valence-corrected chi connectivity index (χ2v) is 11.3. The Morgan fingerprint density at radius 3 is 2.43 bits per heavy atom. The third-order valence-electron chi connectivity index (χ3n) is 5.90. The molecule has 3 rings (SSSR count). The van der Waals surface area contributed by atoms with Gasteiger partial charge in [0.25, 0.3) is 11.8 Å². The molecule has 0 saturated heterocycles. The van der Waals surface area contributed by atoms with Gasteiger partial charge in [0.1, 0.15) is 11.1 Å². The molecule has 2 aliphatic rings. The summed E-state index contributed by atoms with van der Waals surface area (Å²) < 4.78 is 63.4. The summed E-state index contributed by atoms with van der Waals surface area (Å²) in [7, 11) is -3.85. The van der Waals surface area contributed by atoms with E-state index < -0.39 is 45.2 Å². The number of rotatable bonds is 8. The zero-order valence-electron chi connectivity index (χ0n) is 19.7. The summed E-state index contributed by atoms with van der Waals surface area (Å²) >= 11 is 0. The highest BCUT2D eigenvalue weighted by molar-refractivity contribution is 7.91. The minimum absolute atomic E-state index is 0.0434. The number of aryl methyl sites for hydroxylation is 1. The summed E-state index contributed by atoms with van der Waals surface area (Å²) in [4.78, 5) is 26.0. The van der Waals surface area contributed by atoms with Crippen LogP contribution in [-0.2, 0) is 19.6 Å². The summed E-state index contributed by atoms with van der Waals surface area (Å²) in [5.74, 6) is 4.24. The maximum absolute atomic E-state index is 13.0. The first-order chi connectivity index (χ1) is 16.3. The van der Waals surface area contributed by atoms with Gasteiger partial charge in [-0.25, -0.2) is 13.1 Å². The molecule has 0 spiro atoms. The van der Waals surface area contributed by atoms with Crippen molar-refractivity contribution in [3.05, 3.63) is 41.0 Å². The number of amides is 2. The van der Waals surface area contributed by atoms with Crippen molar-refractivity contribution in [2.75, 3.05) is 0 Å². The van der Waals surface area contributed by atoms with Crippen molar-refractivity contribution >= 4 is 27.4 Å². The van der Waals surface area contributed by atoms with Gasteiger partial charge in [0.15, 0.2) is 0 Å².